The number of piperidine rings is 1. The molecular weight excluding hydrogens is 580 g/mol. The van der Waals surface area contributed by atoms with Gasteiger partial charge in [0.15, 0.2) is 0 Å². The van der Waals surface area contributed by atoms with Crippen LogP contribution >= 0.6 is 11.6 Å². The Morgan fingerprint density at radius 1 is 1.16 bits per heavy atom. The molecule has 0 saturated carbocycles. The molecule has 9 heteroatoms. The van der Waals surface area contributed by atoms with E-state index in [1.807, 2.05) is 18.2 Å². The molecule has 2 aliphatic rings. The second kappa shape index (κ2) is 13.7. The lowest BCUT2D eigenvalue weighted by Crippen LogP contribution is -2.52. The summed E-state index contributed by atoms with van der Waals surface area (Å²) in [6.45, 7) is 17.3. The number of likely N-dealkylation sites (tertiary alicyclic amines) is 1. The van der Waals surface area contributed by atoms with Crippen molar-refractivity contribution in [3.63, 3.8) is 0 Å². The molecule has 0 amide bonds. The van der Waals surface area contributed by atoms with Crippen molar-refractivity contribution in [3.05, 3.63) is 89.4 Å². The van der Waals surface area contributed by atoms with Crippen molar-refractivity contribution >= 4 is 33.9 Å². The van der Waals surface area contributed by atoms with E-state index in [4.69, 9.17) is 11.6 Å². The minimum atomic E-state index is -0.235. The number of rotatable bonds is 11. The summed E-state index contributed by atoms with van der Waals surface area (Å²) >= 11 is 6.90. The molecule has 4 N–H and O–H groups in total. The highest BCUT2D eigenvalue weighted by atomic mass is 35.5. The van der Waals surface area contributed by atoms with E-state index >= 15 is 0 Å². The molecular formula is C36H47ClN8. The summed E-state index contributed by atoms with van der Waals surface area (Å²) in [6.07, 6.45) is 10.5. The van der Waals surface area contributed by atoms with Gasteiger partial charge in [-0.05, 0) is 70.6 Å². The summed E-state index contributed by atoms with van der Waals surface area (Å²) in [4.78, 5) is 7.15. The topological polar surface area (TPSA) is 91.3 Å². The van der Waals surface area contributed by atoms with Crippen molar-refractivity contribution in [3.8, 4) is 6.07 Å². The van der Waals surface area contributed by atoms with Gasteiger partial charge in [0.05, 0.1) is 33.5 Å². The highest BCUT2D eigenvalue weighted by molar-refractivity contribution is 6.35. The van der Waals surface area contributed by atoms with E-state index in [-0.39, 0.29) is 17.1 Å². The van der Waals surface area contributed by atoms with Gasteiger partial charge < -0.3 is 16.1 Å². The van der Waals surface area contributed by atoms with Crippen LogP contribution < -0.4 is 21.6 Å². The molecule has 0 bridgehead atoms. The number of pyridine rings is 1. The first-order valence-corrected chi connectivity index (χ1v) is 16.5. The number of halogens is 1. The lowest BCUT2D eigenvalue weighted by molar-refractivity contribution is 0.0570. The van der Waals surface area contributed by atoms with Gasteiger partial charge in [-0.3, -0.25) is 14.9 Å². The van der Waals surface area contributed by atoms with E-state index in [0.717, 1.165) is 73.2 Å². The third-order valence-corrected chi connectivity index (χ3v) is 9.78. The number of nitrogens with zero attached hydrogens (tertiary/aromatic N) is 4. The quantitative estimate of drug-likeness (QED) is 0.160. The number of nitriles is 1. The van der Waals surface area contributed by atoms with Gasteiger partial charge in [-0.2, -0.15) is 5.26 Å². The zero-order valence-electron chi connectivity index (χ0n) is 27.3. The van der Waals surface area contributed by atoms with Crippen molar-refractivity contribution in [1.29, 1.82) is 5.26 Å². The molecule has 8 nitrogen and oxygen atoms in total. The Kier molecular flexibility index (Phi) is 9.93. The molecule has 0 spiro atoms. The summed E-state index contributed by atoms with van der Waals surface area (Å²) in [7, 11) is 0. The van der Waals surface area contributed by atoms with Crippen LogP contribution in [0.25, 0.3) is 10.9 Å². The predicted molar refractivity (Wildman–Crippen MR) is 187 cm³/mol. The fourth-order valence-corrected chi connectivity index (χ4v) is 6.79. The summed E-state index contributed by atoms with van der Waals surface area (Å²) in [6, 6.07) is 16.9. The van der Waals surface area contributed by atoms with Crippen LogP contribution in [0.4, 0.5) is 11.4 Å². The largest absolute Gasteiger partial charge is 0.378 e. The molecule has 2 aliphatic heterocycles. The normalized spacial score (nSPS) is 17.0. The Morgan fingerprint density at radius 3 is 2.49 bits per heavy atom. The highest BCUT2D eigenvalue weighted by Gasteiger charge is 2.32. The number of fused-ring (bicyclic) bond motifs is 1. The van der Waals surface area contributed by atoms with Crippen molar-refractivity contribution < 1.29 is 0 Å². The van der Waals surface area contributed by atoms with Crippen molar-refractivity contribution in [2.45, 2.75) is 89.9 Å². The molecule has 0 aliphatic carbocycles. The Labute approximate surface area is 273 Å². The van der Waals surface area contributed by atoms with Gasteiger partial charge in [-0.15, -0.1) is 12.1 Å². The molecule has 2 aromatic carbocycles. The molecule has 1 fully saturated rings. The number of hydrogen-bond acceptors (Lipinski definition) is 8. The molecule has 45 heavy (non-hydrogen) atoms. The number of hydrogen-bond donors (Lipinski definition) is 4. The van der Waals surface area contributed by atoms with Crippen molar-refractivity contribution in [2.75, 3.05) is 23.7 Å². The molecule has 0 radical (unpaired) electrons. The number of nitrogens with one attached hydrogen (secondary N) is 4. The van der Waals surface area contributed by atoms with Gasteiger partial charge in [0.1, 0.15) is 6.07 Å². The zero-order valence-corrected chi connectivity index (χ0v) is 28.0. The maximum absolute atomic E-state index is 10.1. The zero-order chi connectivity index (χ0) is 32.2. The fraction of sp³-hybridized carbons (Fsp3) is 0.444. The third kappa shape index (κ3) is 7.06. The average Bonchev–Trinajstić information content (AvgIpc) is 3.54. The minimum absolute atomic E-state index is 0.179. The van der Waals surface area contributed by atoms with E-state index < -0.39 is 0 Å². The second-order valence-corrected chi connectivity index (χ2v) is 13.6. The monoisotopic (exact) mass is 626 g/mol. The second-order valence-electron chi connectivity index (χ2n) is 13.2. The van der Waals surface area contributed by atoms with E-state index in [0.29, 0.717) is 22.1 Å². The fourth-order valence-electron chi connectivity index (χ4n) is 6.52. The standard InChI is InChI=1S/C36H47ClN8/c1-7-17-36(8-2,9-3)41-32-26(22-38)23-39-34-29(32)20-27(21-30(34)37)40-33(25-13-11-10-12-14-25)31-24-45(43-42-31)28-15-18-44(19-16-28)35(4,5)6/h7,10-14,20-21,23-24,28,33,40,42-43H,1,8-9,15-19H2,2-6H3,(H,39,41)/t33-/m0/s1. The van der Waals surface area contributed by atoms with E-state index in [1.54, 1.807) is 6.20 Å². The molecule has 1 atom stereocenters. The van der Waals surface area contributed by atoms with Crippen LogP contribution in [0.1, 0.15) is 83.9 Å². The Bertz CT molecular complexity index is 1560. The van der Waals surface area contributed by atoms with Crippen LogP contribution in [0.15, 0.2) is 73.2 Å². The molecule has 1 saturated heterocycles. The van der Waals surface area contributed by atoms with E-state index in [9.17, 15) is 5.26 Å². The summed E-state index contributed by atoms with van der Waals surface area (Å²) in [5.41, 5.74) is 11.7. The highest BCUT2D eigenvalue weighted by Crippen LogP contribution is 2.38. The van der Waals surface area contributed by atoms with Crippen LogP contribution in [-0.2, 0) is 0 Å². The van der Waals surface area contributed by atoms with Gasteiger partial charge in [0.2, 0.25) is 0 Å². The van der Waals surface area contributed by atoms with E-state index in [2.05, 4.69) is 120 Å². The molecule has 3 heterocycles. The lowest BCUT2D eigenvalue weighted by atomic mass is 9.88. The van der Waals surface area contributed by atoms with Crippen molar-refractivity contribution in [2.24, 2.45) is 0 Å². The van der Waals surface area contributed by atoms with Gasteiger partial charge in [-0.25, -0.2) is 0 Å². The van der Waals surface area contributed by atoms with Crippen LogP contribution in [0, 0.1) is 11.3 Å². The Balaban J connectivity index is 1.49. The maximum atomic E-state index is 10.1. The Hall–Kier alpha value is -3.77. The first-order valence-electron chi connectivity index (χ1n) is 16.1. The minimum Gasteiger partial charge on any atom is -0.378 e. The predicted octanol–water partition coefficient (Wildman–Crippen LogP) is 7.89. The van der Waals surface area contributed by atoms with Crippen LogP contribution in [0.3, 0.4) is 0 Å². The third-order valence-electron chi connectivity index (χ3n) is 9.49. The SMILES string of the molecule is C=CCC(CC)(CC)Nc1c(C#N)cnc2c(Cl)cc(N[C@H](C3=CN(C4CCN(C(C)(C)C)CC4)NN3)c3ccccc3)cc12. The summed E-state index contributed by atoms with van der Waals surface area (Å²) in [5, 5.41) is 21.1. The first-order chi connectivity index (χ1) is 21.6. The van der Waals surface area contributed by atoms with Gasteiger partial charge in [-0.1, -0.05) is 61.9 Å². The van der Waals surface area contributed by atoms with Gasteiger partial charge in [0, 0.05) is 53.7 Å². The lowest BCUT2D eigenvalue weighted by Gasteiger charge is -2.42. The molecule has 238 valence electrons. The molecule has 1 aromatic heterocycles. The molecule has 3 aromatic rings. The summed E-state index contributed by atoms with van der Waals surface area (Å²) < 4.78 is 0. The van der Waals surface area contributed by atoms with E-state index in [1.165, 1.54) is 0 Å². The number of hydrazine groups is 2. The van der Waals surface area contributed by atoms with Crippen LogP contribution in [0.2, 0.25) is 5.02 Å². The summed E-state index contributed by atoms with van der Waals surface area (Å²) in [5.74, 6) is 0. The molecule has 0 unspecified atom stereocenters. The van der Waals surface area contributed by atoms with Gasteiger partial charge >= 0.3 is 0 Å². The first kappa shape index (κ1) is 32.6. The number of aromatic nitrogens is 1. The van der Waals surface area contributed by atoms with Crippen LogP contribution in [0.5, 0.6) is 0 Å². The van der Waals surface area contributed by atoms with Crippen molar-refractivity contribution in [1.82, 2.24) is 25.9 Å². The maximum Gasteiger partial charge on any atom is 0.103 e. The average molecular weight is 627 g/mol. The van der Waals surface area contributed by atoms with Crippen LogP contribution in [-0.4, -0.2) is 45.1 Å². The number of anilines is 2. The smallest absolute Gasteiger partial charge is 0.103 e. The Morgan fingerprint density at radius 2 is 1.87 bits per heavy atom. The molecule has 5 rings (SSSR count). The van der Waals surface area contributed by atoms with Gasteiger partial charge in [0.25, 0.3) is 0 Å². The number of benzene rings is 2.